The summed E-state index contributed by atoms with van der Waals surface area (Å²) in [4.78, 5) is 12.1. The minimum Gasteiger partial charge on any atom is -0.350 e. The molecule has 0 radical (unpaired) electrons. The van der Waals surface area contributed by atoms with Gasteiger partial charge in [-0.1, -0.05) is 0 Å². The summed E-state index contributed by atoms with van der Waals surface area (Å²) in [5.41, 5.74) is 0.282. The summed E-state index contributed by atoms with van der Waals surface area (Å²) in [6.07, 6.45) is 2.53. The molecule has 0 aliphatic carbocycles. The molecule has 6 heteroatoms. The number of sulfone groups is 1. The number of benzene rings is 1. The number of halogens is 1. The van der Waals surface area contributed by atoms with Gasteiger partial charge >= 0.3 is 0 Å². The number of aromatic nitrogens is 1. The van der Waals surface area contributed by atoms with Crippen LogP contribution < -0.4 is 5.43 Å². The average Bonchev–Trinajstić information content (AvgIpc) is 2.23. The monoisotopic (exact) mass is 269 g/mol. The van der Waals surface area contributed by atoms with Crippen LogP contribution in [0.3, 0.4) is 0 Å². The van der Waals surface area contributed by atoms with Gasteiger partial charge in [0.25, 0.3) is 0 Å². The smallest absolute Gasteiger partial charge is 0.193 e. The van der Waals surface area contributed by atoms with Gasteiger partial charge < -0.3 is 4.57 Å². The molecular formula is C12H12FNO3S. The zero-order chi connectivity index (χ0) is 13.5. The molecule has 0 N–H and O–H groups in total. The zero-order valence-corrected chi connectivity index (χ0v) is 10.8. The predicted octanol–water partition coefficient (Wildman–Crippen LogP) is 1.22. The summed E-state index contributed by atoms with van der Waals surface area (Å²) in [5, 5.41) is 0.193. The first-order valence-electron chi connectivity index (χ1n) is 5.23. The third kappa shape index (κ3) is 2.43. The maximum atomic E-state index is 13.2. The van der Waals surface area contributed by atoms with Crippen LogP contribution in [0.2, 0.25) is 0 Å². The summed E-state index contributed by atoms with van der Waals surface area (Å²) in [7, 11) is -1.62. The fourth-order valence-electron chi connectivity index (χ4n) is 1.92. The van der Waals surface area contributed by atoms with Crippen molar-refractivity contribution in [1.82, 2.24) is 4.57 Å². The van der Waals surface area contributed by atoms with Gasteiger partial charge in [-0.3, -0.25) is 4.79 Å². The van der Waals surface area contributed by atoms with Crippen molar-refractivity contribution in [3.8, 4) is 0 Å². The predicted molar refractivity (Wildman–Crippen MR) is 67.7 cm³/mol. The van der Waals surface area contributed by atoms with Crippen LogP contribution >= 0.6 is 0 Å². The van der Waals surface area contributed by atoms with E-state index < -0.39 is 21.1 Å². The minimum absolute atomic E-state index is 0.151. The Bertz CT molecular complexity index is 778. The van der Waals surface area contributed by atoms with Crippen LogP contribution in [-0.2, 0) is 22.6 Å². The molecule has 4 nitrogen and oxygen atoms in total. The third-order valence-corrected chi connectivity index (χ3v) is 3.48. The number of hydrogen-bond acceptors (Lipinski definition) is 3. The molecule has 0 aliphatic rings. The van der Waals surface area contributed by atoms with Gasteiger partial charge in [-0.15, -0.1) is 0 Å². The van der Waals surface area contributed by atoms with Crippen LogP contribution in [-0.4, -0.2) is 19.2 Å². The molecule has 1 heterocycles. The summed E-state index contributed by atoms with van der Waals surface area (Å²) >= 11 is 0. The van der Waals surface area contributed by atoms with E-state index >= 15 is 0 Å². The average molecular weight is 269 g/mol. The molecule has 1 aromatic carbocycles. The molecule has 0 amide bonds. The molecule has 2 aromatic rings. The molecule has 0 bridgehead atoms. The quantitative estimate of drug-likeness (QED) is 0.823. The second-order valence-electron chi connectivity index (χ2n) is 4.33. The van der Waals surface area contributed by atoms with E-state index in [1.54, 1.807) is 11.6 Å². The zero-order valence-electron chi connectivity index (χ0n) is 9.97. The van der Waals surface area contributed by atoms with Crippen molar-refractivity contribution in [3.05, 3.63) is 46.0 Å². The Morgan fingerprint density at radius 1 is 1.33 bits per heavy atom. The van der Waals surface area contributed by atoms with Crippen molar-refractivity contribution in [2.45, 2.75) is 5.75 Å². The topological polar surface area (TPSA) is 56.1 Å². The lowest BCUT2D eigenvalue weighted by molar-refractivity contribution is 0.601. The summed E-state index contributed by atoms with van der Waals surface area (Å²) in [5.74, 6) is -0.859. The van der Waals surface area contributed by atoms with Gasteiger partial charge in [0.15, 0.2) is 15.3 Å². The Morgan fingerprint density at radius 2 is 2.00 bits per heavy atom. The first-order valence-corrected chi connectivity index (χ1v) is 7.29. The first kappa shape index (κ1) is 12.8. The Morgan fingerprint density at radius 3 is 2.61 bits per heavy atom. The molecule has 0 atom stereocenters. The van der Waals surface area contributed by atoms with Crippen molar-refractivity contribution in [2.24, 2.45) is 7.05 Å². The van der Waals surface area contributed by atoms with Crippen molar-refractivity contribution in [2.75, 3.05) is 6.26 Å². The molecule has 0 aliphatic heterocycles. The van der Waals surface area contributed by atoms with Crippen LogP contribution in [0.15, 0.2) is 29.2 Å². The number of fused-ring (bicyclic) bond motifs is 1. The van der Waals surface area contributed by atoms with E-state index in [0.717, 1.165) is 12.3 Å². The van der Waals surface area contributed by atoms with Gasteiger partial charge in [-0.25, -0.2) is 12.8 Å². The SMILES string of the molecule is Cn1cc(CS(C)(=O)=O)c(=O)c2cc(F)ccc21. The van der Waals surface area contributed by atoms with Crippen molar-refractivity contribution >= 4 is 20.7 Å². The number of rotatable bonds is 2. The highest BCUT2D eigenvalue weighted by Crippen LogP contribution is 2.13. The number of hydrogen-bond donors (Lipinski definition) is 0. The van der Waals surface area contributed by atoms with E-state index in [-0.39, 0.29) is 16.7 Å². The first-order chi connectivity index (χ1) is 8.28. The van der Waals surface area contributed by atoms with Gasteiger partial charge in [-0.05, 0) is 18.2 Å². The summed E-state index contributed by atoms with van der Waals surface area (Å²) in [6.45, 7) is 0. The number of nitrogens with zero attached hydrogens (tertiary/aromatic N) is 1. The maximum absolute atomic E-state index is 13.2. The van der Waals surface area contributed by atoms with Crippen molar-refractivity contribution < 1.29 is 12.8 Å². The van der Waals surface area contributed by atoms with Crippen LogP contribution in [0.1, 0.15) is 5.56 Å². The van der Waals surface area contributed by atoms with E-state index in [4.69, 9.17) is 0 Å². The molecule has 0 saturated carbocycles. The molecule has 18 heavy (non-hydrogen) atoms. The molecule has 1 aromatic heterocycles. The Kier molecular flexibility index (Phi) is 2.98. The molecular weight excluding hydrogens is 257 g/mol. The second kappa shape index (κ2) is 4.20. The fourth-order valence-corrected chi connectivity index (χ4v) is 2.69. The van der Waals surface area contributed by atoms with Crippen LogP contribution in [0.4, 0.5) is 4.39 Å². The molecule has 0 saturated heterocycles. The van der Waals surface area contributed by atoms with Crippen LogP contribution in [0, 0.1) is 5.82 Å². The van der Waals surface area contributed by atoms with E-state index in [0.29, 0.717) is 5.52 Å². The normalized spacial score (nSPS) is 11.9. The minimum atomic E-state index is -3.30. The highest BCUT2D eigenvalue weighted by Gasteiger charge is 2.12. The Balaban J connectivity index is 2.79. The van der Waals surface area contributed by atoms with E-state index in [1.165, 1.54) is 18.3 Å². The maximum Gasteiger partial charge on any atom is 0.193 e. The van der Waals surface area contributed by atoms with Gasteiger partial charge in [0, 0.05) is 30.4 Å². The van der Waals surface area contributed by atoms with E-state index in [2.05, 4.69) is 0 Å². The fraction of sp³-hybridized carbons (Fsp3) is 0.250. The lowest BCUT2D eigenvalue weighted by Crippen LogP contribution is -2.16. The van der Waals surface area contributed by atoms with Crippen LogP contribution in [0.5, 0.6) is 0 Å². The Hall–Kier alpha value is -1.69. The summed E-state index contributed by atoms with van der Waals surface area (Å²) in [6, 6.07) is 3.89. The molecule has 2 rings (SSSR count). The number of pyridine rings is 1. The molecule has 0 unspecified atom stereocenters. The Labute approximate surface area is 104 Å². The highest BCUT2D eigenvalue weighted by molar-refractivity contribution is 7.89. The summed E-state index contributed by atoms with van der Waals surface area (Å²) < 4.78 is 37.3. The van der Waals surface area contributed by atoms with Crippen molar-refractivity contribution in [3.63, 3.8) is 0 Å². The lowest BCUT2D eigenvalue weighted by Gasteiger charge is -2.08. The van der Waals surface area contributed by atoms with Gasteiger partial charge in [0.05, 0.1) is 11.3 Å². The number of aryl methyl sites for hydroxylation is 1. The largest absolute Gasteiger partial charge is 0.350 e. The highest BCUT2D eigenvalue weighted by atomic mass is 32.2. The standard InChI is InChI=1S/C12H12FNO3S/c1-14-6-8(7-18(2,16)17)12(15)10-5-9(13)3-4-11(10)14/h3-6H,7H2,1-2H3. The van der Waals surface area contributed by atoms with Crippen LogP contribution in [0.25, 0.3) is 10.9 Å². The third-order valence-electron chi connectivity index (χ3n) is 2.64. The molecule has 0 spiro atoms. The van der Waals surface area contributed by atoms with E-state index in [9.17, 15) is 17.6 Å². The lowest BCUT2D eigenvalue weighted by atomic mass is 10.1. The second-order valence-corrected chi connectivity index (χ2v) is 6.47. The van der Waals surface area contributed by atoms with Gasteiger partial charge in [-0.2, -0.15) is 0 Å². The molecule has 96 valence electrons. The van der Waals surface area contributed by atoms with Gasteiger partial charge in [0.1, 0.15) is 5.82 Å². The van der Waals surface area contributed by atoms with E-state index in [1.807, 2.05) is 0 Å². The van der Waals surface area contributed by atoms with Gasteiger partial charge in [0.2, 0.25) is 0 Å². The molecule has 0 fully saturated rings. The van der Waals surface area contributed by atoms with Crippen molar-refractivity contribution in [1.29, 1.82) is 0 Å².